The van der Waals surface area contributed by atoms with Crippen molar-refractivity contribution in [3.8, 4) is 0 Å². The topological polar surface area (TPSA) is 79.3 Å². The lowest BCUT2D eigenvalue weighted by molar-refractivity contribution is -0.255. The fourth-order valence-corrected chi connectivity index (χ4v) is 2.05. The molecule has 0 N–H and O–H groups in total. The zero-order chi connectivity index (χ0) is 17.0. The fourth-order valence-electron chi connectivity index (χ4n) is 2.05. The van der Waals surface area contributed by atoms with Gasteiger partial charge in [-0.25, -0.2) is 27.3 Å². The molecule has 0 unspecified atom stereocenters. The van der Waals surface area contributed by atoms with Crippen LogP contribution in [0.15, 0.2) is 0 Å². The lowest BCUT2D eigenvalue weighted by atomic mass is 9.94. The van der Waals surface area contributed by atoms with Gasteiger partial charge in [-0.1, -0.05) is 13.3 Å². The maximum absolute atomic E-state index is 13.0. The minimum Gasteiger partial charge on any atom is -0.545 e. The largest absolute Gasteiger partial charge is 0.545 e. The van der Waals surface area contributed by atoms with Gasteiger partial charge in [-0.2, -0.15) is 0 Å². The summed E-state index contributed by atoms with van der Waals surface area (Å²) in [6.07, 6.45) is -6.74. The maximum atomic E-state index is 13.0. The van der Waals surface area contributed by atoms with Gasteiger partial charge >= 0.3 is 5.97 Å². The number of pyridine rings is 1. The van der Waals surface area contributed by atoms with E-state index >= 15 is 0 Å². The number of ether oxygens (including phenoxy) is 1. The first-order valence-electron chi connectivity index (χ1n) is 6.18. The Morgan fingerprint density at radius 2 is 1.64 bits per heavy atom. The smallest absolute Gasteiger partial charge is 0.340 e. The van der Waals surface area contributed by atoms with E-state index in [4.69, 9.17) is 0 Å². The molecule has 0 aliphatic carbocycles. The van der Waals surface area contributed by atoms with Crippen molar-refractivity contribution >= 4 is 11.9 Å². The van der Waals surface area contributed by atoms with Gasteiger partial charge in [0, 0.05) is 5.56 Å². The quantitative estimate of drug-likeness (QED) is 0.591. The zero-order valence-corrected chi connectivity index (χ0v) is 11.7. The summed E-state index contributed by atoms with van der Waals surface area (Å²) in [5.74, 6) is -3.29. The lowest BCUT2D eigenvalue weighted by Crippen LogP contribution is -2.29. The van der Waals surface area contributed by atoms with Gasteiger partial charge in [0.05, 0.1) is 18.6 Å². The van der Waals surface area contributed by atoms with E-state index in [9.17, 15) is 32.3 Å². The van der Waals surface area contributed by atoms with E-state index in [1.165, 1.54) is 0 Å². The molecule has 1 rings (SSSR count). The van der Waals surface area contributed by atoms with Gasteiger partial charge in [0.1, 0.15) is 11.4 Å². The van der Waals surface area contributed by atoms with Gasteiger partial charge in [-0.05, 0) is 12.0 Å². The molecule has 0 amide bonds. The average Bonchev–Trinajstić information content (AvgIpc) is 2.44. The summed E-state index contributed by atoms with van der Waals surface area (Å²) in [6, 6.07) is 0. The molecule has 0 spiro atoms. The molecule has 0 aromatic carbocycles. The highest BCUT2D eigenvalue weighted by Crippen LogP contribution is 2.33. The van der Waals surface area contributed by atoms with Crippen LogP contribution in [0.3, 0.4) is 0 Å². The predicted molar refractivity (Wildman–Crippen MR) is 63.8 cm³/mol. The highest BCUT2D eigenvalue weighted by atomic mass is 19.3. The molecule has 1 aromatic rings. The zero-order valence-electron chi connectivity index (χ0n) is 11.7. The van der Waals surface area contributed by atoms with Crippen molar-refractivity contribution in [2.24, 2.45) is 0 Å². The van der Waals surface area contributed by atoms with E-state index in [0.717, 1.165) is 7.11 Å². The number of hydrogen-bond acceptors (Lipinski definition) is 5. The number of methoxy groups -OCH3 is 1. The Kier molecular flexibility index (Phi) is 5.84. The second kappa shape index (κ2) is 7.19. The Hall–Kier alpha value is -2.19. The number of rotatable bonds is 6. The number of aromatic carboxylic acids is 1. The monoisotopic (exact) mass is 322 g/mol. The Labute approximate surface area is 122 Å². The molecule has 0 aliphatic heterocycles. The van der Waals surface area contributed by atoms with Crippen molar-refractivity contribution < 1.29 is 37.0 Å². The van der Waals surface area contributed by atoms with Crippen LogP contribution in [0.25, 0.3) is 0 Å². The van der Waals surface area contributed by atoms with Crippen LogP contribution in [0.2, 0.25) is 0 Å². The molecule has 1 aromatic heterocycles. The molecule has 0 fully saturated rings. The Morgan fingerprint density at radius 3 is 2.00 bits per heavy atom. The standard InChI is InChI=1S/C13H13F4NO4/c1-3-4-5-6(12(19)20)8(10(14)15)18-9(11(16)17)7(5)13(21)22-2/h10-11H,3-4H2,1-2H3,(H,19,20)/p-1. The number of aromatic nitrogens is 1. The number of carbonyl (C=O) groups is 2. The summed E-state index contributed by atoms with van der Waals surface area (Å²) >= 11 is 0. The molecule has 1 heterocycles. The highest BCUT2D eigenvalue weighted by Gasteiger charge is 2.31. The number of carboxylic acid groups (broad SMARTS) is 1. The first-order valence-corrected chi connectivity index (χ1v) is 6.18. The minimum atomic E-state index is -3.41. The van der Waals surface area contributed by atoms with Crippen LogP contribution < -0.4 is 5.11 Å². The van der Waals surface area contributed by atoms with E-state index in [-0.39, 0.29) is 12.8 Å². The van der Waals surface area contributed by atoms with Crippen LogP contribution in [-0.2, 0) is 11.2 Å². The summed E-state index contributed by atoms with van der Waals surface area (Å²) in [4.78, 5) is 25.8. The normalized spacial score (nSPS) is 11.1. The second-order valence-corrected chi connectivity index (χ2v) is 4.24. The van der Waals surface area contributed by atoms with Crippen LogP contribution in [-0.4, -0.2) is 24.0 Å². The lowest BCUT2D eigenvalue weighted by Gasteiger charge is -2.20. The first kappa shape index (κ1) is 17.9. The van der Waals surface area contributed by atoms with E-state index < -0.39 is 52.9 Å². The van der Waals surface area contributed by atoms with E-state index in [0.29, 0.717) is 0 Å². The van der Waals surface area contributed by atoms with E-state index in [1.807, 2.05) is 0 Å². The van der Waals surface area contributed by atoms with Crippen molar-refractivity contribution in [2.45, 2.75) is 32.6 Å². The van der Waals surface area contributed by atoms with Gasteiger partial charge < -0.3 is 14.6 Å². The fraction of sp³-hybridized carbons (Fsp3) is 0.462. The third-order valence-electron chi connectivity index (χ3n) is 2.86. The number of nitrogens with zero attached hydrogens (tertiary/aromatic N) is 1. The molecule has 9 heteroatoms. The summed E-state index contributed by atoms with van der Waals surface area (Å²) in [6.45, 7) is 1.56. The van der Waals surface area contributed by atoms with Crippen LogP contribution >= 0.6 is 0 Å². The summed E-state index contributed by atoms with van der Waals surface area (Å²) in [5.41, 5.74) is -4.89. The average molecular weight is 322 g/mol. The first-order chi connectivity index (χ1) is 10.3. The van der Waals surface area contributed by atoms with Crippen LogP contribution in [0, 0.1) is 0 Å². The Bertz CT molecular complexity index is 590. The molecular formula is C13H12F4NO4-. The van der Waals surface area contributed by atoms with Crippen molar-refractivity contribution in [2.75, 3.05) is 7.11 Å². The third-order valence-corrected chi connectivity index (χ3v) is 2.86. The van der Waals surface area contributed by atoms with Gasteiger partial charge in [0.2, 0.25) is 0 Å². The van der Waals surface area contributed by atoms with Gasteiger partial charge in [-0.15, -0.1) is 0 Å². The third kappa shape index (κ3) is 3.34. The number of halogens is 4. The summed E-state index contributed by atoms with van der Waals surface area (Å²) in [7, 11) is 0.896. The minimum absolute atomic E-state index is 0.199. The predicted octanol–water partition coefficient (Wildman–Crippen LogP) is 2.06. The molecule has 22 heavy (non-hydrogen) atoms. The molecular weight excluding hydrogens is 310 g/mol. The Balaban J connectivity index is 3.89. The number of alkyl halides is 4. The second-order valence-electron chi connectivity index (χ2n) is 4.24. The number of carboxylic acids is 1. The molecule has 0 saturated heterocycles. The van der Waals surface area contributed by atoms with Crippen LogP contribution in [0.1, 0.15) is 63.9 Å². The van der Waals surface area contributed by atoms with Gasteiger partial charge in [0.15, 0.2) is 0 Å². The molecule has 0 saturated carbocycles. The van der Waals surface area contributed by atoms with Crippen molar-refractivity contribution in [1.29, 1.82) is 0 Å². The van der Waals surface area contributed by atoms with E-state index in [1.54, 1.807) is 6.92 Å². The maximum Gasteiger partial charge on any atom is 0.340 e. The van der Waals surface area contributed by atoms with Crippen LogP contribution in [0.4, 0.5) is 17.6 Å². The Morgan fingerprint density at radius 1 is 1.14 bits per heavy atom. The number of carbonyl (C=O) groups excluding carboxylic acids is 2. The highest BCUT2D eigenvalue weighted by molar-refractivity contribution is 5.98. The SMILES string of the molecule is CCCc1c(C(=O)[O-])c(C(F)F)nc(C(F)F)c1C(=O)OC. The molecule has 0 aliphatic rings. The van der Waals surface area contributed by atoms with Crippen LogP contribution in [0.5, 0.6) is 0 Å². The molecule has 0 atom stereocenters. The summed E-state index contributed by atoms with van der Waals surface area (Å²) in [5, 5.41) is 11.1. The summed E-state index contributed by atoms with van der Waals surface area (Å²) < 4.78 is 56.3. The molecule has 0 radical (unpaired) electrons. The number of esters is 1. The van der Waals surface area contributed by atoms with Gasteiger partial charge in [0.25, 0.3) is 12.9 Å². The van der Waals surface area contributed by atoms with Crippen molar-refractivity contribution in [3.63, 3.8) is 0 Å². The van der Waals surface area contributed by atoms with Crippen molar-refractivity contribution in [3.05, 3.63) is 28.1 Å². The number of hydrogen-bond donors (Lipinski definition) is 0. The molecule has 5 nitrogen and oxygen atoms in total. The van der Waals surface area contributed by atoms with E-state index in [2.05, 4.69) is 9.72 Å². The molecule has 0 bridgehead atoms. The van der Waals surface area contributed by atoms with Gasteiger partial charge in [-0.3, -0.25) is 0 Å². The molecule has 122 valence electrons. The van der Waals surface area contributed by atoms with Crippen molar-refractivity contribution in [1.82, 2.24) is 4.98 Å².